The van der Waals surface area contributed by atoms with E-state index in [-0.39, 0.29) is 30.6 Å². The lowest BCUT2D eigenvalue weighted by Crippen LogP contribution is -2.49. The summed E-state index contributed by atoms with van der Waals surface area (Å²) in [4.78, 5) is 24.1. The van der Waals surface area contributed by atoms with Gasteiger partial charge in [0.05, 0.1) is 19.2 Å². The van der Waals surface area contributed by atoms with Crippen molar-refractivity contribution in [3.63, 3.8) is 0 Å². The van der Waals surface area contributed by atoms with E-state index in [0.29, 0.717) is 36.6 Å². The number of fused-ring (bicyclic) bond motifs is 1. The van der Waals surface area contributed by atoms with Gasteiger partial charge < -0.3 is 14.7 Å². The zero-order chi connectivity index (χ0) is 28.6. The van der Waals surface area contributed by atoms with E-state index in [2.05, 4.69) is 84.2 Å². The Hall–Kier alpha value is -3.70. The van der Waals surface area contributed by atoms with Crippen LogP contribution in [0.5, 0.6) is 5.88 Å². The molecule has 0 saturated heterocycles. The fraction of sp³-hybridized carbons (Fsp3) is 0.394. The third kappa shape index (κ3) is 7.48. The van der Waals surface area contributed by atoms with E-state index in [1.54, 1.807) is 17.2 Å². The quantitative estimate of drug-likeness (QED) is 0.436. The van der Waals surface area contributed by atoms with Gasteiger partial charge in [-0.05, 0) is 50.8 Å². The van der Waals surface area contributed by atoms with Gasteiger partial charge in [-0.3, -0.25) is 14.6 Å². The molecule has 3 aromatic rings. The van der Waals surface area contributed by atoms with Crippen LogP contribution in [-0.2, 0) is 6.54 Å². The van der Waals surface area contributed by atoms with E-state index in [1.807, 2.05) is 32.0 Å². The predicted molar refractivity (Wildman–Crippen MR) is 159 cm³/mol. The Labute approximate surface area is 238 Å². The molecule has 3 atom stereocenters. The Morgan fingerprint density at radius 3 is 2.48 bits per heavy atom. The Morgan fingerprint density at radius 1 is 1.10 bits per heavy atom. The molecule has 4 rings (SSSR count). The summed E-state index contributed by atoms with van der Waals surface area (Å²) >= 11 is 0. The molecule has 1 aromatic heterocycles. The minimum Gasteiger partial charge on any atom is -0.472 e. The predicted octanol–water partition coefficient (Wildman–Crippen LogP) is 4.01. The number of aliphatic hydroxyl groups is 1. The van der Waals surface area contributed by atoms with Crippen molar-refractivity contribution < 1.29 is 14.6 Å². The maximum Gasteiger partial charge on any atom is 0.259 e. The summed E-state index contributed by atoms with van der Waals surface area (Å²) in [5, 5.41) is 9.92. The Kier molecular flexibility index (Phi) is 9.94. The van der Waals surface area contributed by atoms with E-state index >= 15 is 0 Å². The van der Waals surface area contributed by atoms with Crippen molar-refractivity contribution in [3.8, 4) is 28.8 Å². The Bertz CT molecular complexity index is 1330. The van der Waals surface area contributed by atoms with Crippen molar-refractivity contribution in [1.82, 2.24) is 19.7 Å². The van der Waals surface area contributed by atoms with Crippen molar-refractivity contribution >= 4 is 5.91 Å². The molecule has 2 aromatic carbocycles. The highest BCUT2D eigenvalue weighted by molar-refractivity contribution is 5.97. The molecule has 0 aliphatic carbocycles. The molecule has 210 valence electrons. The molecule has 1 amide bonds. The number of likely N-dealkylation sites (N-methyl/N-ethyl adjacent to an activating group) is 1. The van der Waals surface area contributed by atoms with Crippen LogP contribution in [0.4, 0.5) is 0 Å². The molecular formula is C33H40N4O3. The molecule has 7 heteroatoms. The van der Waals surface area contributed by atoms with Crippen LogP contribution in [0.2, 0.25) is 0 Å². The van der Waals surface area contributed by atoms with Gasteiger partial charge in [0.2, 0.25) is 5.88 Å². The fourth-order valence-electron chi connectivity index (χ4n) is 4.80. The normalized spacial score (nSPS) is 17.9. The highest BCUT2D eigenvalue weighted by atomic mass is 16.5. The van der Waals surface area contributed by atoms with Gasteiger partial charge in [-0.2, -0.15) is 0 Å². The van der Waals surface area contributed by atoms with Gasteiger partial charge in [0.15, 0.2) is 0 Å². The third-order valence-electron chi connectivity index (χ3n) is 7.15. The highest BCUT2D eigenvalue weighted by Crippen LogP contribution is 2.28. The molecule has 40 heavy (non-hydrogen) atoms. The van der Waals surface area contributed by atoms with E-state index < -0.39 is 0 Å². The van der Waals surface area contributed by atoms with Crippen LogP contribution >= 0.6 is 0 Å². The van der Waals surface area contributed by atoms with Crippen molar-refractivity contribution in [1.29, 1.82) is 0 Å². The number of benzene rings is 2. The second-order valence-corrected chi connectivity index (χ2v) is 11.0. The first kappa shape index (κ1) is 29.3. The standard InChI is InChI=1S/C33H40N4O3/c1-24-20-37(25(2)23-38)33(39)30-18-27(10-9-17-35(3)4)19-34-32(30)40-31(24)22-36(5)21-26-13-15-29(16-14-26)28-11-7-6-8-12-28/h6-8,11-16,18-19,24-25,31,38H,17,20-23H2,1-5H3/t24-,25-,31+/m0/s1. The SMILES string of the molecule is C[C@H]1CN([C@@H](C)CO)C(=O)c2cc(C#CCN(C)C)cnc2O[C@@H]1CN(C)Cc1ccc(-c2ccccc2)cc1. The number of amides is 1. The molecule has 0 fully saturated rings. The van der Waals surface area contributed by atoms with Crippen LogP contribution < -0.4 is 4.74 Å². The van der Waals surface area contributed by atoms with Gasteiger partial charge in [-0.25, -0.2) is 4.98 Å². The summed E-state index contributed by atoms with van der Waals surface area (Å²) in [7, 11) is 5.99. The molecule has 1 N–H and O–H groups in total. The Balaban J connectivity index is 1.53. The molecule has 0 radical (unpaired) electrons. The molecule has 0 bridgehead atoms. The largest absolute Gasteiger partial charge is 0.472 e. The number of carbonyl (C=O) groups excluding carboxylic acids is 1. The van der Waals surface area contributed by atoms with Crippen LogP contribution in [0.25, 0.3) is 11.1 Å². The fourth-order valence-corrected chi connectivity index (χ4v) is 4.80. The summed E-state index contributed by atoms with van der Waals surface area (Å²) in [6.45, 7) is 6.33. The molecule has 7 nitrogen and oxygen atoms in total. The van der Waals surface area contributed by atoms with Gasteiger partial charge >= 0.3 is 0 Å². The van der Waals surface area contributed by atoms with Gasteiger partial charge in [0.25, 0.3) is 5.91 Å². The van der Waals surface area contributed by atoms with E-state index in [0.717, 1.165) is 6.54 Å². The number of pyridine rings is 1. The number of ether oxygens (including phenoxy) is 1. The lowest BCUT2D eigenvalue weighted by molar-refractivity contribution is 0.0325. The first-order valence-electron chi connectivity index (χ1n) is 13.8. The number of rotatable bonds is 8. The number of carbonyl (C=O) groups is 1. The summed E-state index contributed by atoms with van der Waals surface area (Å²) in [6, 6.07) is 20.4. The number of hydrogen-bond donors (Lipinski definition) is 1. The summed E-state index contributed by atoms with van der Waals surface area (Å²) < 4.78 is 6.45. The van der Waals surface area contributed by atoms with Crippen LogP contribution in [0, 0.1) is 17.8 Å². The smallest absolute Gasteiger partial charge is 0.259 e. The topological polar surface area (TPSA) is 69.1 Å². The monoisotopic (exact) mass is 540 g/mol. The first-order valence-corrected chi connectivity index (χ1v) is 13.8. The van der Waals surface area contributed by atoms with Crippen molar-refractivity contribution in [2.24, 2.45) is 5.92 Å². The minimum absolute atomic E-state index is 0.0235. The van der Waals surface area contributed by atoms with Crippen molar-refractivity contribution in [2.45, 2.75) is 32.5 Å². The van der Waals surface area contributed by atoms with Crippen molar-refractivity contribution in [3.05, 3.63) is 83.6 Å². The first-order chi connectivity index (χ1) is 19.2. The molecule has 0 unspecified atom stereocenters. The molecule has 0 spiro atoms. The van der Waals surface area contributed by atoms with Crippen LogP contribution in [-0.4, -0.2) is 90.2 Å². The molecular weight excluding hydrogens is 500 g/mol. The molecule has 2 heterocycles. The third-order valence-corrected chi connectivity index (χ3v) is 7.15. The Morgan fingerprint density at radius 2 is 1.80 bits per heavy atom. The van der Waals surface area contributed by atoms with Crippen LogP contribution in [0.15, 0.2) is 66.9 Å². The van der Waals surface area contributed by atoms with E-state index in [9.17, 15) is 9.90 Å². The molecule has 0 saturated carbocycles. The average Bonchev–Trinajstić information content (AvgIpc) is 2.95. The second kappa shape index (κ2) is 13.6. The van der Waals surface area contributed by atoms with Crippen molar-refractivity contribution in [2.75, 3.05) is 47.4 Å². The zero-order valence-corrected chi connectivity index (χ0v) is 24.2. The maximum absolute atomic E-state index is 13.6. The zero-order valence-electron chi connectivity index (χ0n) is 24.2. The van der Waals surface area contributed by atoms with E-state index in [1.165, 1.54) is 16.7 Å². The molecule has 1 aliphatic heterocycles. The summed E-state index contributed by atoms with van der Waals surface area (Å²) in [5.41, 5.74) is 4.66. The van der Waals surface area contributed by atoms with Gasteiger partial charge in [0.1, 0.15) is 11.7 Å². The van der Waals surface area contributed by atoms with Gasteiger partial charge in [-0.15, -0.1) is 0 Å². The number of nitrogens with zero attached hydrogens (tertiary/aromatic N) is 4. The number of aliphatic hydroxyl groups excluding tert-OH is 1. The van der Waals surface area contributed by atoms with Gasteiger partial charge in [-0.1, -0.05) is 73.4 Å². The minimum atomic E-state index is -0.328. The lowest BCUT2D eigenvalue weighted by Gasteiger charge is -2.37. The van der Waals surface area contributed by atoms with Crippen LogP contribution in [0.3, 0.4) is 0 Å². The lowest BCUT2D eigenvalue weighted by atomic mass is 9.99. The summed E-state index contributed by atoms with van der Waals surface area (Å²) in [6.07, 6.45) is 1.46. The summed E-state index contributed by atoms with van der Waals surface area (Å²) in [5.74, 6) is 6.34. The number of hydrogen-bond acceptors (Lipinski definition) is 6. The van der Waals surface area contributed by atoms with E-state index in [4.69, 9.17) is 4.74 Å². The van der Waals surface area contributed by atoms with Crippen LogP contribution in [0.1, 0.15) is 35.3 Å². The number of aromatic nitrogens is 1. The second-order valence-electron chi connectivity index (χ2n) is 11.0. The average molecular weight is 541 g/mol. The maximum atomic E-state index is 13.6. The molecule has 1 aliphatic rings. The highest BCUT2D eigenvalue weighted by Gasteiger charge is 2.34. The van der Waals surface area contributed by atoms with Gasteiger partial charge in [0, 0.05) is 37.3 Å².